The molecule has 1 amide bonds. The first-order chi connectivity index (χ1) is 14.1. The van der Waals surface area contributed by atoms with Crippen LogP contribution in [0.25, 0.3) is 10.8 Å². The lowest BCUT2D eigenvalue weighted by molar-refractivity contribution is -0.126. The number of hydrogen-bond acceptors (Lipinski definition) is 2. The molecule has 5 heteroatoms. The van der Waals surface area contributed by atoms with Crippen molar-refractivity contribution in [3.63, 3.8) is 0 Å². The Morgan fingerprint density at radius 3 is 2.48 bits per heavy atom. The van der Waals surface area contributed by atoms with Crippen molar-refractivity contribution in [3.05, 3.63) is 81.8 Å². The third-order valence-corrected chi connectivity index (χ3v) is 6.23. The monoisotopic (exact) mass is 426 g/mol. The van der Waals surface area contributed by atoms with Crippen LogP contribution in [0.5, 0.6) is 0 Å². The number of hydrogen-bond donors (Lipinski definition) is 1. The summed E-state index contributed by atoms with van der Waals surface area (Å²) in [7, 11) is 0. The molecule has 0 aliphatic carbocycles. The van der Waals surface area contributed by atoms with Gasteiger partial charge in [0.15, 0.2) is 0 Å². The molecule has 1 N–H and O–H groups in total. The van der Waals surface area contributed by atoms with E-state index in [9.17, 15) is 4.79 Å². The molecule has 0 bridgehead atoms. The minimum Gasteiger partial charge on any atom is -0.352 e. The molecule has 0 radical (unpaired) electrons. The molecule has 3 aromatic carbocycles. The second kappa shape index (κ2) is 9.17. The Bertz CT molecular complexity index is 1010. The lowest BCUT2D eigenvalue weighted by Gasteiger charge is -2.31. The van der Waals surface area contributed by atoms with E-state index in [-0.39, 0.29) is 11.8 Å². The summed E-state index contributed by atoms with van der Waals surface area (Å²) in [5.41, 5.74) is 2.21. The highest BCUT2D eigenvalue weighted by atomic mass is 35.5. The van der Waals surface area contributed by atoms with Crippen LogP contribution in [0.1, 0.15) is 24.0 Å². The Balaban J connectivity index is 1.27. The van der Waals surface area contributed by atoms with Gasteiger partial charge < -0.3 is 5.32 Å². The smallest absolute Gasteiger partial charge is 0.223 e. The molecule has 1 aliphatic rings. The van der Waals surface area contributed by atoms with Gasteiger partial charge in [0.25, 0.3) is 0 Å². The number of fused-ring (bicyclic) bond motifs is 1. The number of benzene rings is 3. The number of nitrogens with one attached hydrogen (secondary N) is 1. The van der Waals surface area contributed by atoms with Crippen molar-refractivity contribution in [1.82, 2.24) is 10.2 Å². The summed E-state index contributed by atoms with van der Waals surface area (Å²) in [4.78, 5) is 15.0. The molecule has 3 nitrogen and oxygen atoms in total. The number of piperidine rings is 1. The molecule has 29 heavy (non-hydrogen) atoms. The Morgan fingerprint density at radius 1 is 0.966 bits per heavy atom. The fourth-order valence-corrected chi connectivity index (χ4v) is 4.39. The quantitative estimate of drug-likeness (QED) is 0.569. The van der Waals surface area contributed by atoms with Gasteiger partial charge in [-0.2, -0.15) is 0 Å². The standard InChI is InChI=1S/C24H24Cl2N2O/c25-22-8-7-21(23(26)14-22)16-28-11-9-19(10-12-28)24(29)27-15-17-5-6-18-3-1-2-4-20(18)13-17/h1-8,13-14,19H,9-12,15-16H2,(H,27,29). The molecule has 1 aliphatic heterocycles. The van der Waals surface area contributed by atoms with E-state index >= 15 is 0 Å². The minimum atomic E-state index is 0.0763. The highest BCUT2D eigenvalue weighted by Gasteiger charge is 2.25. The number of rotatable bonds is 5. The molecular formula is C24H24Cl2N2O. The molecule has 150 valence electrons. The number of nitrogens with zero attached hydrogens (tertiary/aromatic N) is 1. The molecule has 0 saturated carbocycles. The average molecular weight is 427 g/mol. The normalized spacial score (nSPS) is 15.5. The van der Waals surface area contributed by atoms with Gasteiger partial charge in [-0.25, -0.2) is 0 Å². The summed E-state index contributed by atoms with van der Waals surface area (Å²) in [6.45, 7) is 3.16. The van der Waals surface area contributed by atoms with Crippen molar-refractivity contribution in [3.8, 4) is 0 Å². The summed E-state index contributed by atoms with van der Waals surface area (Å²) in [5.74, 6) is 0.231. The van der Waals surface area contributed by atoms with Crippen LogP contribution in [0.15, 0.2) is 60.7 Å². The van der Waals surface area contributed by atoms with Crippen LogP contribution in [0, 0.1) is 5.92 Å². The molecule has 0 aromatic heterocycles. The molecule has 1 saturated heterocycles. The first kappa shape index (κ1) is 20.2. The van der Waals surface area contributed by atoms with Crippen molar-refractivity contribution in [2.45, 2.75) is 25.9 Å². The summed E-state index contributed by atoms with van der Waals surface area (Å²) in [5, 5.41) is 6.90. The molecule has 1 fully saturated rings. The predicted octanol–water partition coefficient (Wildman–Crippen LogP) is 5.68. The molecule has 3 aromatic rings. The van der Waals surface area contributed by atoms with Crippen LogP contribution < -0.4 is 5.32 Å². The molecular weight excluding hydrogens is 403 g/mol. The maximum Gasteiger partial charge on any atom is 0.223 e. The summed E-state index contributed by atoms with van der Waals surface area (Å²) in [6, 6.07) is 20.2. The molecule has 0 unspecified atom stereocenters. The van der Waals surface area contributed by atoms with Crippen LogP contribution in [0.4, 0.5) is 0 Å². The van der Waals surface area contributed by atoms with Crippen LogP contribution in [-0.4, -0.2) is 23.9 Å². The Hall–Kier alpha value is -2.07. The van der Waals surface area contributed by atoms with Crippen molar-refractivity contribution in [2.24, 2.45) is 5.92 Å². The van der Waals surface area contributed by atoms with Gasteiger partial charge in [-0.3, -0.25) is 9.69 Å². The van der Waals surface area contributed by atoms with Crippen molar-refractivity contribution >= 4 is 39.9 Å². The highest BCUT2D eigenvalue weighted by molar-refractivity contribution is 6.35. The van der Waals surface area contributed by atoms with E-state index in [1.165, 1.54) is 10.8 Å². The summed E-state index contributed by atoms with van der Waals surface area (Å²) in [6.07, 6.45) is 1.74. The molecule has 4 rings (SSSR count). The number of halogens is 2. The van der Waals surface area contributed by atoms with Gasteiger partial charge >= 0.3 is 0 Å². The van der Waals surface area contributed by atoms with E-state index in [0.29, 0.717) is 16.6 Å². The van der Waals surface area contributed by atoms with Gasteiger partial charge in [-0.1, -0.05) is 65.7 Å². The second-order valence-corrected chi connectivity index (χ2v) is 8.53. The minimum absolute atomic E-state index is 0.0763. The van der Waals surface area contributed by atoms with Crippen molar-refractivity contribution < 1.29 is 4.79 Å². The average Bonchev–Trinajstić information content (AvgIpc) is 2.74. The maximum atomic E-state index is 12.6. The van der Waals surface area contributed by atoms with Crippen LogP contribution >= 0.6 is 23.2 Å². The zero-order chi connectivity index (χ0) is 20.2. The topological polar surface area (TPSA) is 32.3 Å². The van der Waals surface area contributed by atoms with Gasteiger partial charge in [0.05, 0.1) is 0 Å². The van der Waals surface area contributed by atoms with Crippen LogP contribution in [0.2, 0.25) is 10.0 Å². The molecule has 1 heterocycles. The Labute approximate surface area is 181 Å². The Kier molecular flexibility index (Phi) is 6.39. The van der Waals surface area contributed by atoms with Crippen molar-refractivity contribution in [2.75, 3.05) is 13.1 Å². The number of carbonyl (C=O) groups is 1. The lowest BCUT2D eigenvalue weighted by Crippen LogP contribution is -2.40. The first-order valence-electron chi connectivity index (χ1n) is 10.0. The zero-order valence-corrected chi connectivity index (χ0v) is 17.7. The first-order valence-corrected chi connectivity index (χ1v) is 10.8. The fraction of sp³-hybridized carbons (Fsp3) is 0.292. The summed E-state index contributed by atoms with van der Waals surface area (Å²) >= 11 is 12.3. The van der Waals surface area contributed by atoms with E-state index in [2.05, 4.69) is 40.5 Å². The second-order valence-electron chi connectivity index (χ2n) is 7.69. The van der Waals surface area contributed by atoms with Gasteiger partial charge in [-0.15, -0.1) is 0 Å². The van der Waals surface area contributed by atoms with E-state index in [0.717, 1.165) is 43.6 Å². The third-order valence-electron chi connectivity index (χ3n) is 5.65. The summed E-state index contributed by atoms with van der Waals surface area (Å²) < 4.78 is 0. The van der Waals surface area contributed by atoms with E-state index in [1.807, 2.05) is 24.3 Å². The Morgan fingerprint density at radius 2 is 1.72 bits per heavy atom. The number of amides is 1. The number of likely N-dealkylation sites (tertiary alicyclic amines) is 1. The highest BCUT2D eigenvalue weighted by Crippen LogP contribution is 2.25. The lowest BCUT2D eigenvalue weighted by atomic mass is 9.95. The van der Waals surface area contributed by atoms with E-state index in [4.69, 9.17) is 23.2 Å². The number of carbonyl (C=O) groups excluding carboxylic acids is 1. The van der Waals surface area contributed by atoms with E-state index in [1.54, 1.807) is 6.07 Å². The predicted molar refractivity (Wildman–Crippen MR) is 120 cm³/mol. The molecule has 0 atom stereocenters. The van der Waals surface area contributed by atoms with Gasteiger partial charge in [-0.05, 0) is 66.0 Å². The van der Waals surface area contributed by atoms with Gasteiger partial charge in [0, 0.05) is 29.1 Å². The van der Waals surface area contributed by atoms with Gasteiger partial charge in [0.1, 0.15) is 0 Å². The largest absolute Gasteiger partial charge is 0.352 e. The van der Waals surface area contributed by atoms with Crippen LogP contribution in [-0.2, 0) is 17.9 Å². The van der Waals surface area contributed by atoms with Gasteiger partial charge in [0.2, 0.25) is 5.91 Å². The maximum absolute atomic E-state index is 12.6. The molecule has 0 spiro atoms. The van der Waals surface area contributed by atoms with Crippen LogP contribution in [0.3, 0.4) is 0 Å². The van der Waals surface area contributed by atoms with Crippen molar-refractivity contribution in [1.29, 1.82) is 0 Å². The fourth-order valence-electron chi connectivity index (χ4n) is 3.93. The van der Waals surface area contributed by atoms with E-state index < -0.39 is 0 Å². The SMILES string of the molecule is O=C(NCc1ccc2ccccc2c1)C1CCN(Cc2ccc(Cl)cc2Cl)CC1. The zero-order valence-electron chi connectivity index (χ0n) is 16.2. The third kappa shape index (κ3) is 5.11.